The van der Waals surface area contributed by atoms with Crippen LogP contribution in [0.2, 0.25) is 0 Å². The van der Waals surface area contributed by atoms with Gasteiger partial charge in [-0.1, -0.05) is 6.92 Å². The van der Waals surface area contributed by atoms with Crippen molar-refractivity contribution in [1.82, 2.24) is 10.0 Å². The molecule has 0 aromatic heterocycles. The van der Waals surface area contributed by atoms with Crippen molar-refractivity contribution in [1.29, 1.82) is 0 Å². The van der Waals surface area contributed by atoms with E-state index in [0.717, 1.165) is 13.0 Å². The lowest BCUT2D eigenvalue weighted by Crippen LogP contribution is -2.50. The minimum Gasteiger partial charge on any atom is -0.315 e. The summed E-state index contributed by atoms with van der Waals surface area (Å²) in [4.78, 5) is 10.5. The molecular formula is C14H22ClN3O4S. The second-order valence-corrected chi connectivity index (χ2v) is 7.51. The molecule has 0 aliphatic carbocycles. The summed E-state index contributed by atoms with van der Waals surface area (Å²) in [6.45, 7) is 6.65. The summed E-state index contributed by atoms with van der Waals surface area (Å²) in [5, 5.41) is 14.0. The highest BCUT2D eigenvalue weighted by molar-refractivity contribution is 7.89. The quantitative estimate of drug-likeness (QED) is 0.628. The minimum atomic E-state index is -3.71. The van der Waals surface area contributed by atoms with Crippen LogP contribution in [0.25, 0.3) is 0 Å². The molecule has 1 aromatic rings. The summed E-state index contributed by atoms with van der Waals surface area (Å²) in [6.07, 6.45) is 0.908. The average molecular weight is 364 g/mol. The van der Waals surface area contributed by atoms with Crippen LogP contribution in [-0.4, -0.2) is 32.5 Å². The number of non-ortho nitro benzene ring substituents is 1. The molecule has 1 aliphatic heterocycles. The number of aryl methyl sites for hydroxylation is 2. The van der Waals surface area contributed by atoms with Gasteiger partial charge in [-0.05, 0) is 43.9 Å². The van der Waals surface area contributed by atoms with Crippen molar-refractivity contribution in [2.75, 3.05) is 13.1 Å². The first-order valence-electron chi connectivity index (χ1n) is 7.21. The Morgan fingerprint density at radius 2 is 1.87 bits per heavy atom. The fourth-order valence-electron chi connectivity index (χ4n) is 2.86. The molecule has 7 nitrogen and oxygen atoms in total. The van der Waals surface area contributed by atoms with E-state index in [4.69, 9.17) is 0 Å². The molecule has 1 heterocycles. The zero-order valence-electron chi connectivity index (χ0n) is 13.3. The van der Waals surface area contributed by atoms with Gasteiger partial charge in [-0.2, -0.15) is 0 Å². The summed E-state index contributed by atoms with van der Waals surface area (Å²) < 4.78 is 28.1. The van der Waals surface area contributed by atoms with Gasteiger partial charge in [0.1, 0.15) is 0 Å². The summed E-state index contributed by atoms with van der Waals surface area (Å²) in [5.74, 6) is 0.245. The number of nitro benzene ring substituents is 1. The highest BCUT2D eigenvalue weighted by Crippen LogP contribution is 2.26. The third-order valence-corrected chi connectivity index (χ3v) is 5.85. The van der Waals surface area contributed by atoms with Gasteiger partial charge in [0.05, 0.1) is 9.82 Å². The van der Waals surface area contributed by atoms with Crippen LogP contribution >= 0.6 is 12.4 Å². The van der Waals surface area contributed by atoms with Gasteiger partial charge in [0, 0.05) is 24.7 Å². The van der Waals surface area contributed by atoms with Gasteiger partial charge in [0.15, 0.2) is 0 Å². The van der Waals surface area contributed by atoms with E-state index in [0.29, 0.717) is 17.7 Å². The first kappa shape index (κ1) is 19.8. The summed E-state index contributed by atoms with van der Waals surface area (Å²) in [6, 6.07) is 2.42. The number of hydrogen-bond donors (Lipinski definition) is 2. The molecule has 0 spiro atoms. The Hall–Kier alpha value is -1.22. The molecule has 0 amide bonds. The zero-order chi connectivity index (χ0) is 16.5. The Balaban J connectivity index is 0.00000264. The van der Waals surface area contributed by atoms with Crippen LogP contribution in [0.1, 0.15) is 24.5 Å². The molecule has 2 N–H and O–H groups in total. The Kier molecular flexibility index (Phi) is 6.52. The maximum absolute atomic E-state index is 12.7. The SMILES string of the molecule is Cc1cc([N+](=O)[O-])cc(C)c1S(=O)(=O)NC1CNCCC1C.Cl. The maximum Gasteiger partial charge on any atom is 0.270 e. The molecular weight excluding hydrogens is 342 g/mol. The molecule has 9 heteroatoms. The number of benzene rings is 1. The Morgan fingerprint density at radius 1 is 1.30 bits per heavy atom. The Labute approximate surface area is 142 Å². The van der Waals surface area contributed by atoms with Gasteiger partial charge < -0.3 is 5.32 Å². The Morgan fingerprint density at radius 3 is 2.35 bits per heavy atom. The van der Waals surface area contributed by atoms with Crippen LogP contribution in [0.5, 0.6) is 0 Å². The van der Waals surface area contributed by atoms with E-state index in [1.54, 1.807) is 13.8 Å². The largest absolute Gasteiger partial charge is 0.315 e. The van der Waals surface area contributed by atoms with Gasteiger partial charge in [0.25, 0.3) is 5.69 Å². The molecule has 130 valence electrons. The summed E-state index contributed by atoms with van der Waals surface area (Å²) in [7, 11) is -3.71. The van der Waals surface area contributed by atoms with Gasteiger partial charge >= 0.3 is 0 Å². The van der Waals surface area contributed by atoms with E-state index in [1.165, 1.54) is 12.1 Å². The molecule has 0 bridgehead atoms. The third kappa shape index (κ3) is 4.41. The molecule has 0 saturated carbocycles. The van der Waals surface area contributed by atoms with Crippen molar-refractivity contribution in [2.45, 2.75) is 38.1 Å². The number of hydrogen-bond acceptors (Lipinski definition) is 5. The fourth-order valence-corrected chi connectivity index (χ4v) is 4.66. The van der Waals surface area contributed by atoms with Crippen LogP contribution in [0.15, 0.2) is 17.0 Å². The van der Waals surface area contributed by atoms with Crippen LogP contribution < -0.4 is 10.0 Å². The molecule has 2 unspecified atom stereocenters. The van der Waals surface area contributed by atoms with Crippen LogP contribution in [0.4, 0.5) is 5.69 Å². The van der Waals surface area contributed by atoms with Crippen molar-refractivity contribution in [3.05, 3.63) is 33.4 Å². The first-order chi connectivity index (χ1) is 10.2. The predicted octanol–water partition coefficient (Wildman–Crippen LogP) is 1.91. The zero-order valence-corrected chi connectivity index (χ0v) is 15.0. The highest BCUT2D eigenvalue weighted by atomic mass is 35.5. The van der Waals surface area contributed by atoms with Crippen molar-refractivity contribution < 1.29 is 13.3 Å². The lowest BCUT2D eigenvalue weighted by Gasteiger charge is -2.30. The molecule has 23 heavy (non-hydrogen) atoms. The van der Waals surface area contributed by atoms with E-state index in [2.05, 4.69) is 10.0 Å². The van der Waals surface area contributed by atoms with Crippen LogP contribution in [-0.2, 0) is 10.0 Å². The van der Waals surface area contributed by atoms with E-state index in [1.807, 2.05) is 6.92 Å². The summed E-state index contributed by atoms with van der Waals surface area (Å²) >= 11 is 0. The first-order valence-corrected chi connectivity index (χ1v) is 8.69. The third-order valence-electron chi connectivity index (χ3n) is 4.06. The van der Waals surface area contributed by atoms with E-state index in [9.17, 15) is 18.5 Å². The molecule has 1 saturated heterocycles. The van der Waals surface area contributed by atoms with Gasteiger partial charge in [-0.25, -0.2) is 13.1 Å². The average Bonchev–Trinajstić information content (AvgIpc) is 2.39. The second-order valence-electron chi connectivity index (χ2n) is 5.86. The molecule has 0 radical (unpaired) electrons. The number of sulfonamides is 1. The standard InChI is InChI=1S/C14H21N3O4S.ClH/c1-9-4-5-15-8-13(9)16-22(20,21)14-10(2)6-12(17(18)19)7-11(14)3;/h6-7,9,13,15-16H,4-5,8H2,1-3H3;1H. The van der Waals surface area contributed by atoms with Gasteiger partial charge in [-0.3, -0.25) is 10.1 Å². The summed E-state index contributed by atoms with van der Waals surface area (Å²) in [5.41, 5.74) is 0.674. The molecule has 1 fully saturated rings. The van der Waals surface area contributed by atoms with Crippen LogP contribution in [0.3, 0.4) is 0 Å². The Bertz CT molecular complexity index is 670. The lowest BCUT2D eigenvalue weighted by atomic mass is 9.96. The number of nitrogens with one attached hydrogen (secondary N) is 2. The number of nitrogens with zero attached hydrogens (tertiary/aromatic N) is 1. The van der Waals surface area contributed by atoms with Gasteiger partial charge in [0.2, 0.25) is 10.0 Å². The predicted molar refractivity (Wildman–Crippen MR) is 90.6 cm³/mol. The van der Waals surface area contributed by atoms with E-state index >= 15 is 0 Å². The number of nitro groups is 1. The van der Waals surface area contributed by atoms with Crippen molar-refractivity contribution in [3.8, 4) is 0 Å². The molecule has 1 aliphatic rings. The van der Waals surface area contributed by atoms with Crippen LogP contribution in [0, 0.1) is 29.9 Å². The minimum absolute atomic E-state index is 0. The monoisotopic (exact) mass is 363 g/mol. The van der Waals surface area contributed by atoms with Crippen molar-refractivity contribution >= 4 is 28.1 Å². The van der Waals surface area contributed by atoms with E-state index in [-0.39, 0.29) is 34.9 Å². The smallest absolute Gasteiger partial charge is 0.270 e. The lowest BCUT2D eigenvalue weighted by molar-refractivity contribution is -0.385. The normalized spacial score (nSPS) is 21.5. The fraction of sp³-hybridized carbons (Fsp3) is 0.571. The number of halogens is 1. The molecule has 2 atom stereocenters. The number of piperidine rings is 1. The molecule has 1 aromatic carbocycles. The maximum atomic E-state index is 12.7. The molecule has 2 rings (SSSR count). The van der Waals surface area contributed by atoms with Crippen molar-refractivity contribution in [2.24, 2.45) is 5.92 Å². The van der Waals surface area contributed by atoms with Gasteiger partial charge in [-0.15, -0.1) is 12.4 Å². The second kappa shape index (κ2) is 7.57. The highest BCUT2D eigenvalue weighted by Gasteiger charge is 2.29. The van der Waals surface area contributed by atoms with E-state index < -0.39 is 14.9 Å². The topological polar surface area (TPSA) is 101 Å². The van der Waals surface area contributed by atoms with Crippen molar-refractivity contribution in [3.63, 3.8) is 0 Å². The number of rotatable bonds is 4.